The van der Waals surface area contributed by atoms with Crippen molar-refractivity contribution in [2.75, 3.05) is 12.5 Å². The minimum atomic E-state index is -0.197. The molecule has 2 aromatic heterocycles. The lowest BCUT2D eigenvalue weighted by Gasteiger charge is -2.17. The lowest BCUT2D eigenvalue weighted by atomic mass is 10.2. The van der Waals surface area contributed by atoms with Crippen LogP contribution in [0.5, 0.6) is 0 Å². The first-order chi connectivity index (χ1) is 9.11. The number of amides is 1. The topological polar surface area (TPSA) is 113 Å². The van der Waals surface area contributed by atoms with E-state index in [0.29, 0.717) is 23.6 Å². The number of hydrazine groups is 1. The molecule has 4 N–H and O–H groups in total. The highest BCUT2D eigenvalue weighted by Gasteiger charge is 2.17. The Morgan fingerprint density at radius 1 is 1.53 bits per heavy atom. The van der Waals surface area contributed by atoms with Crippen molar-refractivity contribution >= 4 is 11.6 Å². The fraction of sp³-hybridized carbons (Fsp3) is 0.273. The molecule has 0 spiro atoms. The van der Waals surface area contributed by atoms with Crippen molar-refractivity contribution in [2.45, 2.75) is 13.5 Å². The summed E-state index contributed by atoms with van der Waals surface area (Å²) in [6.07, 6.45) is 2.90. The van der Waals surface area contributed by atoms with Gasteiger partial charge in [0.25, 0.3) is 5.91 Å². The molecule has 0 fully saturated rings. The highest BCUT2D eigenvalue weighted by molar-refractivity contribution is 5.99. The van der Waals surface area contributed by atoms with Gasteiger partial charge in [0.2, 0.25) is 0 Å². The number of aryl methyl sites for hydroxylation is 1. The third-order valence-electron chi connectivity index (χ3n) is 2.63. The van der Waals surface area contributed by atoms with E-state index in [-0.39, 0.29) is 5.91 Å². The summed E-state index contributed by atoms with van der Waals surface area (Å²) in [5, 5.41) is 6.44. The van der Waals surface area contributed by atoms with Gasteiger partial charge in [0.15, 0.2) is 0 Å². The Morgan fingerprint density at radius 2 is 2.32 bits per heavy atom. The number of nitrogens with zero attached hydrogens (tertiary/aromatic N) is 4. The Kier molecular flexibility index (Phi) is 3.71. The predicted octanol–water partition coefficient (Wildman–Crippen LogP) is 0.0659. The summed E-state index contributed by atoms with van der Waals surface area (Å²) in [5.74, 6) is 5.83. The molecule has 0 aliphatic rings. The molecular weight excluding hydrogens is 246 g/mol. The van der Waals surface area contributed by atoms with Crippen LogP contribution < -0.4 is 11.3 Å². The van der Waals surface area contributed by atoms with E-state index >= 15 is 0 Å². The molecule has 0 atom stereocenters. The first kappa shape index (κ1) is 13.0. The standard InChI is InChI=1S/C11H15N7O/c1-7-3-9(16-12)8(4-13-7)11(19)18(2)5-10-14-6-15-17-10/h3-4,6H,5,12H2,1-2H3,(H,13,16)(H,14,15,17). The molecule has 2 aromatic rings. The van der Waals surface area contributed by atoms with Crippen molar-refractivity contribution in [3.63, 3.8) is 0 Å². The summed E-state index contributed by atoms with van der Waals surface area (Å²) in [5.41, 5.74) is 4.24. The molecule has 0 saturated heterocycles. The molecule has 8 heteroatoms. The quantitative estimate of drug-likeness (QED) is 0.530. The summed E-state index contributed by atoms with van der Waals surface area (Å²) < 4.78 is 0. The molecule has 8 nitrogen and oxygen atoms in total. The van der Waals surface area contributed by atoms with Crippen LogP contribution in [0.2, 0.25) is 0 Å². The summed E-state index contributed by atoms with van der Waals surface area (Å²) in [4.78, 5) is 21.9. The van der Waals surface area contributed by atoms with Crippen molar-refractivity contribution in [1.82, 2.24) is 25.1 Å². The van der Waals surface area contributed by atoms with Crippen molar-refractivity contribution in [3.8, 4) is 0 Å². The number of aromatic nitrogens is 4. The van der Waals surface area contributed by atoms with Crippen LogP contribution in [0.1, 0.15) is 21.9 Å². The minimum absolute atomic E-state index is 0.197. The summed E-state index contributed by atoms with van der Waals surface area (Å²) in [6, 6.07) is 1.72. The van der Waals surface area contributed by atoms with Crippen molar-refractivity contribution < 1.29 is 4.79 Å². The lowest BCUT2D eigenvalue weighted by molar-refractivity contribution is 0.0782. The van der Waals surface area contributed by atoms with Gasteiger partial charge in [0, 0.05) is 18.9 Å². The van der Waals surface area contributed by atoms with E-state index in [4.69, 9.17) is 5.84 Å². The smallest absolute Gasteiger partial charge is 0.257 e. The van der Waals surface area contributed by atoms with Crippen LogP contribution in [0.25, 0.3) is 0 Å². The predicted molar refractivity (Wildman–Crippen MR) is 69.0 cm³/mol. The molecular formula is C11H15N7O. The second-order valence-corrected chi connectivity index (χ2v) is 4.11. The molecule has 19 heavy (non-hydrogen) atoms. The molecule has 100 valence electrons. The van der Waals surface area contributed by atoms with Gasteiger partial charge in [-0.1, -0.05) is 0 Å². The number of nitrogens with one attached hydrogen (secondary N) is 2. The van der Waals surface area contributed by atoms with Gasteiger partial charge in [0.1, 0.15) is 12.2 Å². The summed E-state index contributed by atoms with van der Waals surface area (Å²) in [6.45, 7) is 2.16. The van der Waals surface area contributed by atoms with Gasteiger partial charge in [-0.2, -0.15) is 5.10 Å². The number of nitrogens with two attached hydrogens (primary N) is 1. The summed E-state index contributed by atoms with van der Waals surface area (Å²) >= 11 is 0. The molecule has 0 bridgehead atoms. The Balaban J connectivity index is 2.19. The second-order valence-electron chi connectivity index (χ2n) is 4.11. The monoisotopic (exact) mass is 261 g/mol. The van der Waals surface area contributed by atoms with Gasteiger partial charge in [-0.25, -0.2) is 4.98 Å². The fourth-order valence-electron chi connectivity index (χ4n) is 1.66. The average molecular weight is 261 g/mol. The van der Waals surface area contributed by atoms with Gasteiger partial charge in [0.05, 0.1) is 17.8 Å². The summed E-state index contributed by atoms with van der Waals surface area (Å²) in [7, 11) is 1.67. The number of rotatable bonds is 4. The second kappa shape index (κ2) is 5.44. The maximum Gasteiger partial charge on any atom is 0.257 e. The van der Waals surface area contributed by atoms with E-state index in [1.807, 2.05) is 6.92 Å². The largest absolute Gasteiger partial charge is 0.334 e. The lowest BCUT2D eigenvalue weighted by Crippen LogP contribution is -2.28. The zero-order valence-electron chi connectivity index (χ0n) is 10.7. The fourth-order valence-corrected chi connectivity index (χ4v) is 1.66. The number of pyridine rings is 1. The highest BCUT2D eigenvalue weighted by Crippen LogP contribution is 2.16. The number of carbonyl (C=O) groups is 1. The van der Waals surface area contributed by atoms with Crippen LogP contribution in [0.4, 0.5) is 5.69 Å². The molecule has 0 radical (unpaired) electrons. The number of hydrogen-bond acceptors (Lipinski definition) is 6. The van der Waals surface area contributed by atoms with Crippen molar-refractivity contribution in [1.29, 1.82) is 0 Å². The highest BCUT2D eigenvalue weighted by atomic mass is 16.2. The van der Waals surface area contributed by atoms with E-state index in [0.717, 1.165) is 5.69 Å². The number of hydrogen-bond donors (Lipinski definition) is 3. The van der Waals surface area contributed by atoms with Crippen LogP contribution in [0, 0.1) is 6.92 Å². The maximum absolute atomic E-state index is 12.3. The van der Waals surface area contributed by atoms with Gasteiger partial charge >= 0.3 is 0 Å². The Hall–Kier alpha value is -2.48. The average Bonchev–Trinajstić information content (AvgIpc) is 2.90. The van der Waals surface area contributed by atoms with Crippen LogP contribution in [-0.2, 0) is 6.54 Å². The number of anilines is 1. The number of aromatic amines is 1. The third-order valence-corrected chi connectivity index (χ3v) is 2.63. The molecule has 0 aromatic carbocycles. The Labute approximate surface area is 110 Å². The SMILES string of the molecule is Cc1cc(NN)c(C(=O)N(C)Cc2ncn[nH]2)cn1. The van der Waals surface area contributed by atoms with Crippen LogP contribution in [-0.4, -0.2) is 38.0 Å². The Morgan fingerprint density at radius 3 is 2.95 bits per heavy atom. The number of nitrogen functional groups attached to an aromatic ring is 1. The van der Waals surface area contributed by atoms with Gasteiger partial charge in [-0.15, -0.1) is 0 Å². The van der Waals surface area contributed by atoms with Crippen LogP contribution in [0.15, 0.2) is 18.6 Å². The molecule has 2 rings (SSSR count). The first-order valence-electron chi connectivity index (χ1n) is 5.64. The first-order valence-corrected chi connectivity index (χ1v) is 5.64. The molecule has 0 saturated carbocycles. The zero-order valence-corrected chi connectivity index (χ0v) is 10.7. The van der Waals surface area contributed by atoms with Gasteiger partial charge in [-0.05, 0) is 13.0 Å². The maximum atomic E-state index is 12.3. The molecule has 0 aliphatic heterocycles. The number of H-pyrrole nitrogens is 1. The number of carbonyl (C=O) groups excluding carboxylic acids is 1. The Bertz CT molecular complexity index is 566. The molecule has 0 unspecified atom stereocenters. The molecule has 1 amide bonds. The van der Waals surface area contributed by atoms with Crippen LogP contribution in [0.3, 0.4) is 0 Å². The van der Waals surface area contributed by atoms with E-state index in [2.05, 4.69) is 25.6 Å². The van der Waals surface area contributed by atoms with Crippen LogP contribution >= 0.6 is 0 Å². The van der Waals surface area contributed by atoms with E-state index in [1.54, 1.807) is 13.1 Å². The molecule has 0 aliphatic carbocycles. The van der Waals surface area contributed by atoms with Gasteiger partial charge in [-0.3, -0.25) is 20.7 Å². The normalized spacial score (nSPS) is 10.3. The zero-order chi connectivity index (χ0) is 13.8. The van der Waals surface area contributed by atoms with Crippen molar-refractivity contribution in [2.24, 2.45) is 5.84 Å². The van der Waals surface area contributed by atoms with E-state index in [1.165, 1.54) is 17.4 Å². The van der Waals surface area contributed by atoms with E-state index in [9.17, 15) is 4.79 Å². The van der Waals surface area contributed by atoms with E-state index < -0.39 is 0 Å². The van der Waals surface area contributed by atoms with Crippen molar-refractivity contribution in [3.05, 3.63) is 35.7 Å². The van der Waals surface area contributed by atoms with Gasteiger partial charge < -0.3 is 10.3 Å². The minimum Gasteiger partial charge on any atom is -0.334 e. The third kappa shape index (κ3) is 2.86. The molecule has 2 heterocycles.